The normalized spacial score (nSPS) is 19.6. The van der Waals surface area contributed by atoms with Crippen molar-refractivity contribution < 1.29 is 24.2 Å². The van der Waals surface area contributed by atoms with E-state index in [0.29, 0.717) is 25.0 Å². The van der Waals surface area contributed by atoms with Gasteiger partial charge in [-0.2, -0.15) is 9.97 Å². The van der Waals surface area contributed by atoms with Crippen molar-refractivity contribution >= 4 is 23.4 Å². The number of ether oxygens (including phenoxy) is 2. The highest BCUT2D eigenvalue weighted by molar-refractivity contribution is 6.10. The fraction of sp³-hybridized carbons (Fsp3) is 0.586. The molecule has 1 amide bonds. The number of rotatable bonds is 11. The SMILES string of the molecule is CCCC(CCC)COc1nc(N)c2c(n1)OCCN(c1ccc(C3CCC(CC(=O)O)CC3)cc1)C2=O. The standard InChI is InChI=1S/C29H40N4O5/c1-3-5-20(6-4-2)18-38-29-31-26(30)25-27(32-29)37-16-15-33(28(25)36)23-13-11-22(12-14-23)21-9-7-19(8-10-21)17-24(34)35/h11-14,19-21H,3-10,15-18H2,1-2H3,(H,34,35)(H2,30,31,32). The molecule has 0 unspecified atom stereocenters. The van der Waals surface area contributed by atoms with E-state index in [4.69, 9.17) is 20.3 Å². The van der Waals surface area contributed by atoms with E-state index >= 15 is 0 Å². The van der Waals surface area contributed by atoms with Crippen LogP contribution in [0.4, 0.5) is 11.5 Å². The Kier molecular flexibility index (Phi) is 9.42. The Labute approximate surface area is 224 Å². The molecule has 2 heterocycles. The Morgan fingerprint density at radius 2 is 1.82 bits per heavy atom. The lowest BCUT2D eigenvalue weighted by Gasteiger charge is -2.28. The van der Waals surface area contributed by atoms with Gasteiger partial charge < -0.3 is 25.2 Å². The van der Waals surface area contributed by atoms with Crippen molar-refractivity contribution in [3.05, 3.63) is 35.4 Å². The predicted molar refractivity (Wildman–Crippen MR) is 146 cm³/mol. The molecule has 206 valence electrons. The largest absolute Gasteiger partial charge is 0.481 e. The highest BCUT2D eigenvalue weighted by atomic mass is 16.5. The molecule has 3 N–H and O–H groups in total. The van der Waals surface area contributed by atoms with Crippen LogP contribution in [0.15, 0.2) is 24.3 Å². The van der Waals surface area contributed by atoms with Gasteiger partial charge in [-0.1, -0.05) is 38.8 Å². The molecule has 9 heteroatoms. The van der Waals surface area contributed by atoms with Crippen molar-refractivity contribution in [2.75, 3.05) is 30.4 Å². The number of aliphatic carboxylic acids is 1. The van der Waals surface area contributed by atoms with E-state index in [-0.39, 0.29) is 48.1 Å². The van der Waals surface area contributed by atoms with Crippen LogP contribution in [0.5, 0.6) is 11.9 Å². The molecule has 0 spiro atoms. The summed E-state index contributed by atoms with van der Waals surface area (Å²) in [5.41, 5.74) is 8.37. The van der Waals surface area contributed by atoms with Crippen LogP contribution in [0, 0.1) is 11.8 Å². The molecule has 0 radical (unpaired) electrons. The van der Waals surface area contributed by atoms with Crippen molar-refractivity contribution in [3.8, 4) is 11.9 Å². The average molecular weight is 525 g/mol. The van der Waals surface area contributed by atoms with E-state index in [1.54, 1.807) is 4.90 Å². The zero-order chi connectivity index (χ0) is 27.1. The zero-order valence-corrected chi connectivity index (χ0v) is 22.5. The number of carboxylic acids is 1. The number of carbonyl (C=O) groups is 2. The maximum Gasteiger partial charge on any atom is 0.321 e. The molecule has 4 rings (SSSR count). The van der Waals surface area contributed by atoms with E-state index in [9.17, 15) is 9.59 Å². The fourth-order valence-corrected chi connectivity index (χ4v) is 5.72. The number of nitrogens with two attached hydrogens (primary N) is 1. The summed E-state index contributed by atoms with van der Waals surface area (Å²) in [6, 6.07) is 8.19. The second-order valence-electron chi connectivity index (χ2n) is 10.5. The number of fused-ring (bicyclic) bond motifs is 1. The van der Waals surface area contributed by atoms with Crippen LogP contribution in [0.3, 0.4) is 0 Å². The van der Waals surface area contributed by atoms with Crippen LogP contribution in [0.2, 0.25) is 0 Å². The molecule has 2 aliphatic rings. The highest BCUT2D eigenvalue weighted by Gasteiger charge is 2.31. The second-order valence-corrected chi connectivity index (χ2v) is 10.5. The van der Waals surface area contributed by atoms with Crippen LogP contribution in [-0.4, -0.2) is 46.7 Å². The Balaban J connectivity index is 1.43. The summed E-state index contributed by atoms with van der Waals surface area (Å²) in [4.78, 5) is 34.8. The van der Waals surface area contributed by atoms with Gasteiger partial charge in [0, 0.05) is 12.1 Å². The minimum absolute atomic E-state index is 0.0548. The van der Waals surface area contributed by atoms with Crippen LogP contribution in [0.1, 0.15) is 93.5 Å². The Hall–Kier alpha value is -3.36. The lowest BCUT2D eigenvalue weighted by molar-refractivity contribution is -0.138. The lowest BCUT2D eigenvalue weighted by atomic mass is 9.77. The summed E-state index contributed by atoms with van der Waals surface area (Å²) in [6.07, 6.45) is 8.40. The molecule has 1 aliphatic carbocycles. The van der Waals surface area contributed by atoms with Gasteiger partial charge >= 0.3 is 12.0 Å². The molecule has 9 nitrogen and oxygen atoms in total. The van der Waals surface area contributed by atoms with Gasteiger partial charge in [-0.3, -0.25) is 9.59 Å². The summed E-state index contributed by atoms with van der Waals surface area (Å²) in [6.45, 7) is 5.46. The van der Waals surface area contributed by atoms with Crippen molar-refractivity contribution in [2.24, 2.45) is 11.8 Å². The maximum absolute atomic E-state index is 13.5. The van der Waals surface area contributed by atoms with Crippen molar-refractivity contribution in [3.63, 3.8) is 0 Å². The Morgan fingerprint density at radius 3 is 2.45 bits per heavy atom. The number of hydrogen-bond donors (Lipinski definition) is 2. The molecule has 2 aromatic rings. The van der Waals surface area contributed by atoms with Crippen molar-refractivity contribution in [2.45, 2.75) is 77.6 Å². The van der Waals surface area contributed by atoms with Gasteiger partial charge in [0.05, 0.1) is 13.2 Å². The van der Waals surface area contributed by atoms with Crippen LogP contribution < -0.4 is 20.1 Å². The molecule has 1 aromatic carbocycles. The second kappa shape index (κ2) is 12.9. The molecule has 1 fully saturated rings. The molecule has 1 aromatic heterocycles. The van der Waals surface area contributed by atoms with E-state index in [1.165, 1.54) is 5.56 Å². The maximum atomic E-state index is 13.5. The Bertz CT molecular complexity index is 1090. The van der Waals surface area contributed by atoms with Gasteiger partial charge in [-0.15, -0.1) is 0 Å². The van der Waals surface area contributed by atoms with Gasteiger partial charge in [-0.25, -0.2) is 0 Å². The van der Waals surface area contributed by atoms with Crippen LogP contribution in [0.25, 0.3) is 0 Å². The van der Waals surface area contributed by atoms with Gasteiger partial charge in [0.2, 0.25) is 5.88 Å². The first-order chi connectivity index (χ1) is 18.4. The first-order valence-electron chi connectivity index (χ1n) is 14.0. The van der Waals surface area contributed by atoms with E-state index in [1.807, 2.05) is 12.1 Å². The van der Waals surface area contributed by atoms with Crippen LogP contribution >= 0.6 is 0 Å². The minimum atomic E-state index is -0.715. The molecular weight excluding hydrogens is 484 g/mol. The first-order valence-corrected chi connectivity index (χ1v) is 14.0. The highest BCUT2D eigenvalue weighted by Crippen LogP contribution is 2.38. The molecule has 0 bridgehead atoms. The fourth-order valence-electron chi connectivity index (χ4n) is 5.72. The van der Waals surface area contributed by atoms with E-state index in [2.05, 4.69) is 35.9 Å². The number of nitrogens with zero attached hydrogens (tertiary/aromatic N) is 3. The number of nitrogen functional groups attached to an aromatic ring is 1. The number of anilines is 2. The third kappa shape index (κ3) is 6.74. The van der Waals surface area contributed by atoms with Gasteiger partial charge in [-0.05, 0) is 74.0 Å². The quantitative estimate of drug-likeness (QED) is 0.398. The molecule has 0 saturated heterocycles. The summed E-state index contributed by atoms with van der Waals surface area (Å²) in [5.74, 6) is 0.317. The van der Waals surface area contributed by atoms with Crippen molar-refractivity contribution in [1.29, 1.82) is 0 Å². The number of carboxylic acid groups (broad SMARTS) is 1. The number of aromatic nitrogens is 2. The molecule has 1 saturated carbocycles. The van der Waals surface area contributed by atoms with Gasteiger partial charge in [0.15, 0.2) is 0 Å². The molecule has 38 heavy (non-hydrogen) atoms. The number of carbonyl (C=O) groups excluding carboxylic acids is 1. The minimum Gasteiger partial charge on any atom is -0.481 e. The summed E-state index contributed by atoms with van der Waals surface area (Å²) < 4.78 is 11.7. The number of benzene rings is 1. The Morgan fingerprint density at radius 1 is 1.13 bits per heavy atom. The molecule has 1 aliphatic heterocycles. The lowest BCUT2D eigenvalue weighted by Crippen LogP contribution is -2.32. The smallest absolute Gasteiger partial charge is 0.321 e. The summed E-state index contributed by atoms with van der Waals surface area (Å²) in [7, 11) is 0. The number of hydrogen-bond acceptors (Lipinski definition) is 7. The van der Waals surface area contributed by atoms with Crippen LogP contribution in [-0.2, 0) is 4.79 Å². The van der Waals surface area contributed by atoms with E-state index < -0.39 is 5.97 Å². The topological polar surface area (TPSA) is 128 Å². The molecular formula is C29H40N4O5. The summed E-state index contributed by atoms with van der Waals surface area (Å²) >= 11 is 0. The first kappa shape index (κ1) is 27.7. The van der Waals surface area contributed by atoms with Crippen molar-refractivity contribution in [1.82, 2.24) is 9.97 Å². The predicted octanol–water partition coefficient (Wildman–Crippen LogP) is 5.44. The summed E-state index contributed by atoms with van der Waals surface area (Å²) in [5, 5.41) is 9.05. The number of amides is 1. The molecule has 0 atom stereocenters. The zero-order valence-electron chi connectivity index (χ0n) is 22.5. The van der Waals surface area contributed by atoms with Gasteiger partial charge in [0.25, 0.3) is 5.91 Å². The van der Waals surface area contributed by atoms with E-state index in [0.717, 1.165) is 57.1 Å². The monoisotopic (exact) mass is 524 g/mol. The third-order valence-electron chi connectivity index (χ3n) is 7.72. The van der Waals surface area contributed by atoms with Gasteiger partial charge in [0.1, 0.15) is 18.0 Å². The third-order valence-corrected chi connectivity index (χ3v) is 7.72. The average Bonchev–Trinajstić information content (AvgIpc) is 3.06.